The summed E-state index contributed by atoms with van der Waals surface area (Å²) < 4.78 is 11.2. The molecule has 0 saturated carbocycles. The Balaban J connectivity index is 1.61. The summed E-state index contributed by atoms with van der Waals surface area (Å²) in [7, 11) is 0. The van der Waals surface area contributed by atoms with Gasteiger partial charge in [-0.05, 0) is 17.7 Å². The van der Waals surface area contributed by atoms with Crippen molar-refractivity contribution < 1.29 is 14.3 Å². The first kappa shape index (κ1) is 13.0. The number of benzene rings is 1. The molecule has 2 heterocycles. The lowest BCUT2D eigenvalue weighted by atomic mass is 10.2. The highest BCUT2D eigenvalue weighted by Crippen LogP contribution is 2.30. The normalized spacial score (nSPS) is 20.5. The third-order valence-corrected chi connectivity index (χ3v) is 3.35. The van der Waals surface area contributed by atoms with E-state index in [0.29, 0.717) is 19.8 Å². The number of nitrogens with one attached hydrogen (secondary N) is 2. The molecule has 106 valence electrons. The van der Waals surface area contributed by atoms with E-state index in [4.69, 9.17) is 9.47 Å². The van der Waals surface area contributed by atoms with Gasteiger partial charge in [-0.25, -0.2) is 0 Å². The smallest absolute Gasteiger partial charge is 0.241 e. The molecule has 0 radical (unpaired) electrons. The van der Waals surface area contributed by atoms with Crippen molar-refractivity contribution in [1.82, 2.24) is 10.6 Å². The molecule has 2 aliphatic rings. The zero-order valence-corrected chi connectivity index (χ0v) is 11.2. The van der Waals surface area contributed by atoms with E-state index in [-0.39, 0.29) is 11.9 Å². The molecule has 1 aromatic carbocycles. The minimum atomic E-state index is -0.213. The Hall–Kier alpha value is -2.01. The molecular formula is C15H18N2O3. The number of hydrogen-bond donors (Lipinski definition) is 2. The SMILES string of the molecule is O=C(NCc1ccc2c(c1)OCCCO2)C1C=CCN1. The summed E-state index contributed by atoms with van der Waals surface area (Å²) in [5.41, 5.74) is 1.00. The minimum Gasteiger partial charge on any atom is -0.490 e. The topological polar surface area (TPSA) is 59.6 Å². The first-order valence-electron chi connectivity index (χ1n) is 6.89. The summed E-state index contributed by atoms with van der Waals surface area (Å²) in [6.45, 7) is 2.59. The van der Waals surface area contributed by atoms with Crippen molar-refractivity contribution in [3.63, 3.8) is 0 Å². The molecule has 2 N–H and O–H groups in total. The van der Waals surface area contributed by atoms with Gasteiger partial charge < -0.3 is 14.8 Å². The molecule has 5 heteroatoms. The summed E-state index contributed by atoms with van der Waals surface area (Å²) in [6, 6.07) is 5.57. The fourth-order valence-electron chi connectivity index (χ4n) is 2.26. The predicted octanol–water partition coefficient (Wildman–Crippen LogP) is 0.992. The third kappa shape index (κ3) is 2.93. The fourth-order valence-corrected chi connectivity index (χ4v) is 2.26. The van der Waals surface area contributed by atoms with E-state index in [2.05, 4.69) is 10.6 Å². The zero-order chi connectivity index (χ0) is 13.8. The molecule has 0 spiro atoms. The van der Waals surface area contributed by atoms with Crippen LogP contribution in [0.5, 0.6) is 11.5 Å². The number of ether oxygens (including phenoxy) is 2. The van der Waals surface area contributed by atoms with Gasteiger partial charge in [0.2, 0.25) is 5.91 Å². The molecule has 0 fully saturated rings. The fraction of sp³-hybridized carbons (Fsp3) is 0.400. The van der Waals surface area contributed by atoms with Crippen molar-refractivity contribution in [3.05, 3.63) is 35.9 Å². The maximum atomic E-state index is 11.9. The summed E-state index contributed by atoms with van der Waals surface area (Å²) >= 11 is 0. The molecule has 0 aliphatic carbocycles. The summed E-state index contributed by atoms with van der Waals surface area (Å²) in [5, 5.41) is 6.00. The molecule has 2 aliphatic heterocycles. The molecule has 3 rings (SSSR count). The standard InChI is InChI=1S/C15H18N2O3/c18-15(12-3-1-6-16-12)17-10-11-4-5-13-14(9-11)20-8-2-7-19-13/h1,3-5,9,12,16H,2,6-8,10H2,(H,17,18). The maximum absolute atomic E-state index is 11.9. The van der Waals surface area contributed by atoms with E-state index in [1.54, 1.807) is 0 Å². The Kier molecular flexibility index (Phi) is 3.87. The van der Waals surface area contributed by atoms with Gasteiger partial charge in [-0.1, -0.05) is 18.2 Å². The van der Waals surface area contributed by atoms with Crippen LogP contribution in [0, 0.1) is 0 Å². The molecule has 5 nitrogen and oxygen atoms in total. The molecule has 1 aromatic rings. The van der Waals surface area contributed by atoms with Gasteiger partial charge in [0, 0.05) is 19.5 Å². The largest absolute Gasteiger partial charge is 0.490 e. The summed E-state index contributed by atoms with van der Waals surface area (Å²) in [5.74, 6) is 1.52. The van der Waals surface area contributed by atoms with E-state index in [1.165, 1.54) is 0 Å². The molecule has 1 unspecified atom stereocenters. The van der Waals surface area contributed by atoms with Gasteiger partial charge >= 0.3 is 0 Å². The number of hydrogen-bond acceptors (Lipinski definition) is 4. The molecular weight excluding hydrogens is 256 g/mol. The number of carbonyl (C=O) groups is 1. The Morgan fingerprint density at radius 2 is 2.15 bits per heavy atom. The molecule has 1 atom stereocenters. The lowest BCUT2D eigenvalue weighted by Gasteiger charge is -2.12. The third-order valence-electron chi connectivity index (χ3n) is 3.35. The molecule has 1 amide bonds. The number of fused-ring (bicyclic) bond motifs is 1. The van der Waals surface area contributed by atoms with Gasteiger partial charge in [0.05, 0.1) is 13.2 Å². The number of amides is 1. The Labute approximate surface area is 118 Å². The van der Waals surface area contributed by atoms with E-state index < -0.39 is 0 Å². The second-order valence-electron chi connectivity index (χ2n) is 4.86. The van der Waals surface area contributed by atoms with Gasteiger partial charge in [-0.15, -0.1) is 0 Å². The molecule has 0 saturated heterocycles. The average Bonchev–Trinajstić information content (AvgIpc) is 2.90. The average molecular weight is 274 g/mol. The predicted molar refractivity (Wildman–Crippen MR) is 74.8 cm³/mol. The lowest BCUT2D eigenvalue weighted by molar-refractivity contribution is -0.122. The monoisotopic (exact) mass is 274 g/mol. The van der Waals surface area contributed by atoms with Crippen molar-refractivity contribution in [1.29, 1.82) is 0 Å². The van der Waals surface area contributed by atoms with E-state index in [9.17, 15) is 4.79 Å². The van der Waals surface area contributed by atoms with Gasteiger partial charge in [0.1, 0.15) is 6.04 Å². The van der Waals surface area contributed by atoms with Gasteiger partial charge in [-0.2, -0.15) is 0 Å². The summed E-state index contributed by atoms with van der Waals surface area (Å²) in [4.78, 5) is 11.9. The van der Waals surface area contributed by atoms with E-state index >= 15 is 0 Å². The zero-order valence-electron chi connectivity index (χ0n) is 11.2. The highest BCUT2D eigenvalue weighted by atomic mass is 16.5. The van der Waals surface area contributed by atoms with Crippen molar-refractivity contribution in [2.24, 2.45) is 0 Å². The van der Waals surface area contributed by atoms with Gasteiger partial charge in [0.25, 0.3) is 0 Å². The van der Waals surface area contributed by atoms with Crippen LogP contribution in [-0.2, 0) is 11.3 Å². The first-order valence-corrected chi connectivity index (χ1v) is 6.89. The minimum absolute atomic E-state index is 0.00846. The van der Waals surface area contributed by atoms with Gasteiger partial charge in [0.15, 0.2) is 11.5 Å². The van der Waals surface area contributed by atoms with Crippen LogP contribution in [0.3, 0.4) is 0 Å². The number of rotatable bonds is 3. The lowest BCUT2D eigenvalue weighted by Crippen LogP contribution is -2.40. The highest BCUT2D eigenvalue weighted by molar-refractivity contribution is 5.84. The van der Waals surface area contributed by atoms with Gasteiger partial charge in [-0.3, -0.25) is 10.1 Å². The van der Waals surface area contributed by atoms with Crippen LogP contribution in [0.15, 0.2) is 30.4 Å². The molecule has 0 aromatic heterocycles. The second kappa shape index (κ2) is 5.96. The molecule has 0 bridgehead atoms. The van der Waals surface area contributed by atoms with Crippen LogP contribution in [0.1, 0.15) is 12.0 Å². The Morgan fingerprint density at radius 3 is 2.95 bits per heavy atom. The maximum Gasteiger partial charge on any atom is 0.241 e. The van der Waals surface area contributed by atoms with Crippen molar-refractivity contribution in [3.8, 4) is 11.5 Å². The highest BCUT2D eigenvalue weighted by Gasteiger charge is 2.17. The van der Waals surface area contributed by atoms with Crippen molar-refractivity contribution >= 4 is 5.91 Å². The van der Waals surface area contributed by atoms with Crippen LogP contribution in [0.2, 0.25) is 0 Å². The first-order chi connectivity index (χ1) is 9.83. The Morgan fingerprint density at radius 1 is 1.30 bits per heavy atom. The van der Waals surface area contributed by atoms with Crippen LogP contribution < -0.4 is 20.1 Å². The van der Waals surface area contributed by atoms with Crippen molar-refractivity contribution in [2.45, 2.75) is 19.0 Å². The quantitative estimate of drug-likeness (QED) is 0.807. The van der Waals surface area contributed by atoms with Crippen LogP contribution in [0.4, 0.5) is 0 Å². The van der Waals surface area contributed by atoms with E-state index in [1.807, 2.05) is 30.4 Å². The summed E-state index contributed by atoms with van der Waals surface area (Å²) in [6.07, 6.45) is 4.72. The van der Waals surface area contributed by atoms with Crippen LogP contribution >= 0.6 is 0 Å². The van der Waals surface area contributed by atoms with Crippen LogP contribution in [0.25, 0.3) is 0 Å². The van der Waals surface area contributed by atoms with E-state index in [0.717, 1.165) is 30.0 Å². The Bertz CT molecular complexity index is 528. The molecule has 20 heavy (non-hydrogen) atoms. The second-order valence-corrected chi connectivity index (χ2v) is 4.86. The van der Waals surface area contributed by atoms with Crippen LogP contribution in [-0.4, -0.2) is 31.7 Å². The van der Waals surface area contributed by atoms with Crippen molar-refractivity contribution in [2.75, 3.05) is 19.8 Å². The number of carbonyl (C=O) groups excluding carboxylic acids is 1.